The molecule has 0 aliphatic rings. The Labute approximate surface area is 125 Å². The maximum absolute atomic E-state index is 10.1. The van der Waals surface area contributed by atoms with Crippen LogP contribution in [0.4, 0.5) is 0 Å². The number of hydrogen-bond donors (Lipinski definition) is 4. The van der Waals surface area contributed by atoms with Crippen molar-refractivity contribution in [2.24, 2.45) is 11.8 Å². The molecule has 0 aromatic carbocycles. The molecule has 0 aliphatic carbocycles. The predicted molar refractivity (Wildman–Crippen MR) is 83.5 cm³/mol. The molecule has 0 aromatic heterocycles. The van der Waals surface area contributed by atoms with Crippen LogP contribution in [-0.4, -0.2) is 61.4 Å². The predicted octanol–water partition coefficient (Wildman–Crippen LogP) is 1.17. The summed E-state index contributed by atoms with van der Waals surface area (Å²) in [7, 11) is 0. The van der Waals surface area contributed by atoms with Gasteiger partial charge >= 0.3 is 0 Å². The summed E-state index contributed by atoms with van der Waals surface area (Å²) >= 11 is 3.19. The van der Waals surface area contributed by atoms with E-state index in [4.69, 9.17) is 5.11 Å². The third kappa shape index (κ3) is 8.42. The highest BCUT2D eigenvalue weighted by Gasteiger charge is 2.31. The van der Waals surface area contributed by atoms with Gasteiger partial charge in [-0.05, 0) is 23.3 Å². The second-order valence-corrected chi connectivity index (χ2v) is 8.20. The molecule has 0 amide bonds. The molecule has 0 fully saturated rings. The smallest absolute Gasteiger partial charge is 0.110 e. The van der Waals surface area contributed by atoms with Gasteiger partial charge in [0.25, 0.3) is 0 Å². The van der Waals surface area contributed by atoms with E-state index < -0.39 is 24.9 Å². The molecule has 116 valence electrons. The topological polar surface area (TPSA) is 80.9 Å². The van der Waals surface area contributed by atoms with E-state index in [2.05, 4.69) is 27.7 Å². The zero-order chi connectivity index (χ0) is 15.0. The van der Waals surface area contributed by atoms with E-state index in [1.807, 2.05) is 0 Å². The quantitative estimate of drug-likeness (QED) is 0.453. The summed E-state index contributed by atoms with van der Waals surface area (Å²) < 4.78 is -0.194. The Morgan fingerprint density at radius 3 is 1.53 bits per heavy atom. The fraction of sp³-hybridized carbons (Fsp3) is 1.00. The highest BCUT2D eigenvalue weighted by Crippen LogP contribution is 2.31. The Balaban J connectivity index is 4.51. The van der Waals surface area contributed by atoms with Crippen molar-refractivity contribution >= 4 is 23.5 Å². The van der Waals surface area contributed by atoms with Gasteiger partial charge in [0, 0.05) is 0 Å². The van der Waals surface area contributed by atoms with Gasteiger partial charge in [0.1, 0.15) is 18.3 Å². The third-order valence-corrected chi connectivity index (χ3v) is 6.15. The lowest BCUT2D eigenvalue weighted by atomic mass is 10.1. The van der Waals surface area contributed by atoms with Gasteiger partial charge in [-0.25, -0.2) is 0 Å². The van der Waals surface area contributed by atoms with E-state index in [0.717, 1.165) is 11.5 Å². The molecule has 0 unspecified atom stereocenters. The van der Waals surface area contributed by atoms with Crippen molar-refractivity contribution in [1.29, 1.82) is 0 Å². The molecule has 0 aromatic rings. The van der Waals surface area contributed by atoms with E-state index in [1.54, 1.807) is 23.5 Å². The van der Waals surface area contributed by atoms with Gasteiger partial charge in [-0.3, -0.25) is 0 Å². The standard InChI is InChI=1S/C13H28O4S2/c1-8(2)6-18-13(19-7-9(3)4)12(17)11(16)10(15)5-14/h8-17H,5-7H2,1-4H3/t10-,11+,12-/m1/s1. The number of aliphatic hydroxyl groups excluding tert-OH is 4. The summed E-state index contributed by atoms with van der Waals surface area (Å²) in [5.74, 6) is 2.77. The molecule has 0 saturated heterocycles. The highest BCUT2D eigenvalue weighted by atomic mass is 32.2. The first kappa shape index (κ1) is 19.5. The van der Waals surface area contributed by atoms with Crippen molar-refractivity contribution in [3.63, 3.8) is 0 Å². The summed E-state index contributed by atoms with van der Waals surface area (Å²) in [4.78, 5) is 0. The second-order valence-electron chi connectivity index (χ2n) is 5.55. The number of rotatable bonds is 10. The van der Waals surface area contributed by atoms with Crippen molar-refractivity contribution in [3.05, 3.63) is 0 Å². The van der Waals surface area contributed by atoms with E-state index in [0.29, 0.717) is 11.8 Å². The normalized spacial score (nSPS) is 17.2. The Bertz CT molecular complexity index is 215. The average Bonchev–Trinajstić information content (AvgIpc) is 2.35. The summed E-state index contributed by atoms with van der Waals surface area (Å²) in [6, 6.07) is 0. The monoisotopic (exact) mass is 312 g/mol. The van der Waals surface area contributed by atoms with Crippen molar-refractivity contribution in [2.75, 3.05) is 18.1 Å². The molecule has 4 nitrogen and oxygen atoms in total. The van der Waals surface area contributed by atoms with Gasteiger partial charge < -0.3 is 20.4 Å². The third-order valence-electron chi connectivity index (χ3n) is 2.40. The van der Waals surface area contributed by atoms with E-state index >= 15 is 0 Å². The minimum atomic E-state index is -1.31. The molecule has 6 heteroatoms. The molecule has 3 atom stereocenters. The van der Waals surface area contributed by atoms with Crippen LogP contribution < -0.4 is 0 Å². The van der Waals surface area contributed by atoms with Crippen molar-refractivity contribution < 1.29 is 20.4 Å². The molecule has 0 radical (unpaired) electrons. The minimum absolute atomic E-state index is 0.194. The van der Waals surface area contributed by atoms with Crippen LogP contribution in [0.5, 0.6) is 0 Å². The van der Waals surface area contributed by atoms with Gasteiger partial charge in [-0.1, -0.05) is 27.7 Å². The molecule has 0 aliphatic heterocycles. The largest absolute Gasteiger partial charge is 0.394 e. The second kappa shape index (κ2) is 10.3. The van der Waals surface area contributed by atoms with E-state index in [9.17, 15) is 15.3 Å². The summed E-state index contributed by atoms with van der Waals surface area (Å²) in [6.07, 6.45) is -3.65. The first-order chi connectivity index (χ1) is 8.79. The molecule has 0 spiro atoms. The summed E-state index contributed by atoms with van der Waals surface area (Å²) in [5, 5.41) is 38.2. The fourth-order valence-corrected chi connectivity index (χ4v) is 4.04. The van der Waals surface area contributed by atoms with Crippen LogP contribution in [0.1, 0.15) is 27.7 Å². The Kier molecular flexibility index (Phi) is 10.6. The fourth-order valence-electron chi connectivity index (χ4n) is 1.32. The lowest BCUT2D eigenvalue weighted by molar-refractivity contribution is -0.0706. The Morgan fingerprint density at radius 1 is 0.789 bits per heavy atom. The molecule has 0 heterocycles. The van der Waals surface area contributed by atoms with Crippen LogP contribution in [0.3, 0.4) is 0 Å². The number of aliphatic hydroxyl groups is 4. The van der Waals surface area contributed by atoms with Crippen LogP contribution in [0, 0.1) is 11.8 Å². The maximum Gasteiger partial charge on any atom is 0.110 e. The first-order valence-electron chi connectivity index (χ1n) is 6.67. The average molecular weight is 312 g/mol. The SMILES string of the molecule is CC(C)CSC(SCC(C)C)[C@H](O)[C@@H](O)[C@H](O)CO. The molecule has 0 saturated carbocycles. The maximum atomic E-state index is 10.1. The Morgan fingerprint density at radius 2 is 1.21 bits per heavy atom. The van der Waals surface area contributed by atoms with E-state index in [-0.39, 0.29) is 4.58 Å². The van der Waals surface area contributed by atoms with Gasteiger partial charge in [-0.2, -0.15) is 0 Å². The molecule has 0 bridgehead atoms. The van der Waals surface area contributed by atoms with Crippen LogP contribution in [0.15, 0.2) is 0 Å². The van der Waals surface area contributed by atoms with Gasteiger partial charge in [0.05, 0.1) is 11.2 Å². The molecule has 4 N–H and O–H groups in total. The van der Waals surface area contributed by atoms with Crippen molar-refractivity contribution in [1.82, 2.24) is 0 Å². The lowest BCUT2D eigenvalue weighted by Gasteiger charge is -2.29. The van der Waals surface area contributed by atoms with E-state index in [1.165, 1.54) is 0 Å². The van der Waals surface area contributed by atoms with Crippen LogP contribution in [-0.2, 0) is 0 Å². The summed E-state index contributed by atoms with van der Waals surface area (Å²) in [6.45, 7) is 7.85. The summed E-state index contributed by atoms with van der Waals surface area (Å²) in [5.41, 5.74) is 0. The molecule has 0 rings (SSSR count). The highest BCUT2D eigenvalue weighted by molar-refractivity contribution is 8.17. The minimum Gasteiger partial charge on any atom is -0.394 e. The number of hydrogen-bond acceptors (Lipinski definition) is 6. The van der Waals surface area contributed by atoms with Crippen LogP contribution >= 0.6 is 23.5 Å². The Hall–Kier alpha value is 0.540. The van der Waals surface area contributed by atoms with Gasteiger partial charge in [-0.15, -0.1) is 23.5 Å². The zero-order valence-corrected chi connectivity index (χ0v) is 13.8. The molecule has 19 heavy (non-hydrogen) atoms. The van der Waals surface area contributed by atoms with Crippen LogP contribution in [0.25, 0.3) is 0 Å². The van der Waals surface area contributed by atoms with Gasteiger partial charge in [0.15, 0.2) is 0 Å². The van der Waals surface area contributed by atoms with Crippen LogP contribution in [0.2, 0.25) is 0 Å². The van der Waals surface area contributed by atoms with Gasteiger partial charge in [0.2, 0.25) is 0 Å². The lowest BCUT2D eigenvalue weighted by Crippen LogP contribution is -2.44. The molecular weight excluding hydrogens is 284 g/mol. The zero-order valence-electron chi connectivity index (χ0n) is 12.2. The molecular formula is C13H28O4S2. The first-order valence-corrected chi connectivity index (χ1v) is 8.77. The van der Waals surface area contributed by atoms with Crippen molar-refractivity contribution in [2.45, 2.75) is 50.6 Å². The number of thioether (sulfide) groups is 2. The van der Waals surface area contributed by atoms with Crippen molar-refractivity contribution in [3.8, 4) is 0 Å².